The molecule has 0 aliphatic rings. The zero-order valence-corrected chi connectivity index (χ0v) is 8.88. The van der Waals surface area contributed by atoms with E-state index in [4.69, 9.17) is 21.0 Å². The average molecular weight is 227 g/mol. The van der Waals surface area contributed by atoms with Crippen LogP contribution in [-0.4, -0.2) is 12.5 Å². The summed E-state index contributed by atoms with van der Waals surface area (Å²) in [4.78, 5) is 10.9. The van der Waals surface area contributed by atoms with Gasteiger partial charge in [0.15, 0.2) is 6.61 Å². The Kier molecular flexibility index (Phi) is 4.29. The summed E-state index contributed by atoms with van der Waals surface area (Å²) in [5, 5.41) is 17.1. The Morgan fingerprint density at radius 3 is 2.71 bits per heavy atom. The standard InChI is InChI=1S/C12H9N3O2/c13-5-6-17-11-4-2-1-3-9(11)7-10(8-14)12(15)16/h1-4,7H,6H2,(H2,15,16)/b10-7+. The van der Waals surface area contributed by atoms with Crippen LogP contribution in [0.15, 0.2) is 29.8 Å². The van der Waals surface area contributed by atoms with Crippen LogP contribution in [0.1, 0.15) is 5.56 Å². The van der Waals surface area contributed by atoms with Crippen LogP contribution in [0, 0.1) is 22.7 Å². The summed E-state index contributed by atoms with van der Waals surface area (Å²) >= 11 is 0. The van der Waals surface area contributed by atoms with Crippen molar-refractivity contribution < 1.29 is 9.53 Å². The Labute approximate surface area is 98.3 Å². The molecule has 1 aromatic carbocycles. The van der Waals surface area contributed by atoms with E-state index in [1.165, 1.54) is 6.08 Å². The molecule has 1 amide bonds. The van der Waals surface area contributed by atoms with E-state index in [0.29, 0.717) is 11.3 Å². The third-order valence-corrected chi connectivity index (χ3v) is 1.90. The van der Waals surface area contributed by atoms with Gasteiger partial charge in [-0.1, -0.05) is 18.2 Å². The molecule has 0 aliphatic heterocycles. The van der Waals surface area contributed by atoms with Crippen molar-refractivity contribution in [2.45, 2.75) is 0 Å². The second kappa shape index (κ2) is 5.94. The minimum atomic E-state index is -0.803. The molecule has 0 spiro atoms. The molecule has 2 N–H and O–H groups in total. The molecule has 0 aliphatic carbocycles. The molecule has 0 heterocycles. The third-order valence-electron chi connectivity index (χ3n) is 1.90. The molecule has 5 heteroatoms. The summed E-state index contributed by atoms with van der Waals surface area (Å²) < 4.78 is 5.14. The van der Waals surface area contributed by atoms with E-state index >= 15 is 0 Å². The van der Waals surface area contributed by atoms with Gasteiger partial charge in [-0.3, -0.25) is 4.79 Å². The molecule has 0 bridgehead atoms. The SMILES string of the molecule is N#CCOc1ccccc1/C=C(\C#N)C(N)=O. The predicted octanol–water partition coefficient (Wildman–Crippen LogP) is 0.981. The van der Waals surface area contributed by atoms with Gasteiger partial charge in [-0.05, 0) is 12.1 Å². The Bertz CT molecular complexity index is 535. The summed E-state index contributed by atoms with van der Waals surface area (Å²) in [6, 6.07) is 10.3. The van der Waals surface area contributed by atoms with E-state index in [1.807, 2.05) is 6.07 Å². The maximum absolute atomic E-state index is 10.9. The van der Waals surface area contributed by atoms with Crippen LogP contribution >= 0.6 is 0 Å². The maximum atomic E-state index is 10.9. The van der Waals surface area contributed by atoms with Crippen molar-refractivity contribution in [3.05, 3.63) is 35.4 Å². The lowest BCUT2D eigenvalue weighted by molar-refractivity contribution is -0.114. The van der Waals surface area contributed by atoms with Gasteiger partial charge < -0.3 is 10.5 Å². The lowest BCUT2D eigenvalue weighted by Crippen LogP contribution is -2.12. The molecule has 0 aromatic heterocycles. The number of nitrogens with two attached hydrogens (primary N) is 1. The molecular formula is C12H9N3O2. The number of nitriles is 2. The molecule has 0 saturated carbocycles. The largest absolute Gasteiger partial charge is 0.478 e. The van der Waals surface area contributed by atoms with Crippen molar-refractivity contribution in [1.29, 1.82) is 10.5 Å². The Balaban J connectivity index is 3.10. The number of hydrogen-bond donors (Lipinski definition) is 1. The number of carbonyl (C=O) groups is 1. The molecule has 1 aromatic rings. The minimum Gasteiger partial charge on any atom is -0.478 e. The Morgan fingerprint density at radius 2 is 2.12 bits per heavy atom. The number of rotatable bonds is 4. The van der Waals surface area contributed by atoms with Gasteiger partial charge in [0.25, 0.3) is 5.91 Å². The first-order valence-electron chi connectivity index (χ1n) is 4.69. The Morgan fingerprint density at radius 1 is 1.41 bits per heavy atom. The molecular weight excluding hydrogens is 218 g/mol. The quantitative estimate of drug-likeness (QED) is 0.612. The second-order valence-electron chi connectivity index (χ2n) is 3.02. The summed E-state index contributed by atoms with van der Waals surface area (Å²) in [5.74, 6) is -0.384. The molecule has 84 valence electrons. The highest BCUT2D eigenvalue weighted by Crippen LogP contribution is 2.20. The van der Waals surface area contributed by atoms with E-state index in [2.05, 4.69) is 0 Å². The van der Waals surface area contributed by atoms with Crippen LogP contribution in [0.2, 0.25) is 0 Å². The molecule has 17 heavy (non-hydrogen) atoms. The van der Waals surface area contributed by atoms with Gasteiger partial charge in [0.2, 0.25) is 0 Å². The van der Waals surface area contributed by atoms with E-state index in [1.54, 1.807) is 30.3 Å². The number of benzene rings is 1. The number of ether oxygens (including phenoxy) is 1. The number of carbonyl (C=O) groups excluding carboxylic acids is 1. The van der Waals surface area contributed by atoms with Crippen molar-refractivity contribution >= 4 is 12.0 Å². The van der Waals surface area contributed by atoms with Crippen LogP contribution in [0.4, 0.5) is 0 Å². The smallest absolute Gasteiger partial charge is 0.259 e. The first-order valence-corrected chi connectivity index (χ1v) is 4.69. The number of primary amides is 1. The normalized spacial score (nSPS) is 10.1. The van der Waals surface area contributed by atoms with Crippen molar-refractivity contribution in [2.24, 2.45) is 5.73 Å². The molecule has 0 unspecified atom stereocenters. The van der Waals surface area contributed by atoms with Crippen LogP contribution in [0.5, 0.6) is 5.75 Å². The van der Waals surface area contributed by atoms with Gasteiger partial charge in [0.1, 0.15) is 23.5 Å². The van der Waals surface area contributed by atoms with Gasteiger partial charge >= 0.3 is 0 Å². The van der Waals surface area contributed by atoms with Crippen LogP contribution in [0.3, 0.4) is 0 Å². The third kappa shape index (κ3) is 3.37. The van der Waals surface area contributed by atoms with Gasteiger partial charge in [0, 0.05) is 5.56 Å². The maximum Gasteiger partial charge on any atom is 0.259 e. The Hall–Kier alpha value is -2.79. The molecule has 5 nitrogen and oxygen atoms in total. The fourth-order valence-electron chi connectivity index (χ4n) is 1.16. The highest BCUT2D eigenvalue weighted by atomic mass is 16.5. The summed E-state index contributed by atoms with van der Waals surface area (Å²) in [6.07, 6.45) is 1.33. The summed E-state index contributed by atoms with van der Waals surface area (Å²) in [6.45, 7) is -0.108. The zero-order valence-electron chi connectivity index (χ0n) is 8.88. The van der Waals surface area contributed by atoms with Crippen LogP contribution < -0.4 is 10.5 Å². The zero-order chi connectivity index (χ0) is 12.7. The molecule has 1 rings (SSSR count). The van der Waals surface area contributed by atoms with E-state index < -0.39 is 5.91 Å². The fraction of sp³-hybridized carbons (Fsp3) is 0.0833. The van der Waals surface area contributed by atoms with Gasteiger partial charge in [-0.15, -0.1) is 0 Å². The lowest BCUT2D eigenvalue weighted by atomic mass is 10.1. The highest BCUT2D eigenvalue weighted by Gasteiger charge is 2.06. The van der Waals surface area contributed by atoms with E-state index in [9.17, 15) is 4.79 Å². The van der Waals surface area contributed by atoms with Crippen molar-refractivity contribution in [2.75, 3.05) is 6.61 Å². The van der Waals surface area contributed by atoms with Gasteiger partial charge in [-0.25, -0.2) is 0 Å². The van der Waals surface area contributed by atoms with Crippen molar-refractivity contribution in [3.8, 4) is 17.9 Å². The number of amides is 1. The fourth-order valence-corrected chi connectivity index (χ4v) is 1.16. The van der Waals surface area contributed by atoms with Gasteiger partial charge in [0.05, 0.1) is 0 Å². The van der Waals surface area contributed by atoms with Crippen molar-refractivity contribution in [3.63, 3.8) is 0 Å². The lowest BCUT2D eigenvalue weighted by Gasteiger charge is -2.05. The molecule has 0 fully saturated rings. The van der Waals surface area contributed by atoms with E-state index in [0.717, 1.165) is 0 Å². The topological polar surface area (TPSA) is 99.9 Å². The number of nitrogens with zero attached hydrogens (tertiary/aromatic N) is 2. The van der Waals surface area contributed by atoms with E-state index in [-0.39, 0.29) is 12.2 Å². The first kappa shape index (κ1) is 12.3. The monoisotopic (exact) mass is 227 g/mol. The summed E-state index contributed by atoms with van der Waals surface area (Å²) in [5.41, 5.74) is 5.38. The number of hydrogen-bond acceptors (Lipinski definition) is 4. The molecule has 0 atom stereocenters. The van der Waals surface area contributed by atoms with Crippen LogP contribution in [-0.2, 0) is 4.79 Å². The predicted molar refractivity (Wildman–Crippen MR) is 60.3 cm³/mol. The van der Waals surface area contributed by atoms with Gasteiger partial charge in [-0.2, -0.15) is 10.5 Å². The number of para-hydroxylation sites is 1. The van der Waals surface area contributed by atoms with Crippen LogP contribution in [0.25, 0.3) is 6.08 Å². The minimum absolute atomic E-state index is 0.108. The molecule has 0 radical (unpaired) electrons. The summed E-state index contributed by atoms with van der Waals surface area (Å²) in [7, 11) is 0. The van der Waals surface area contributed by atoms with Crippen molar-refractivity contribution in [1.82, 2.24) is 0 Å². The first-order chi connectivity index (χ1) is 8.19. The highest BCUT2D eigenvalue weighted by molar-refractivity contribution is 6.00. The molecule has 0 saturated heterocycles. The second-order valence-corrected chi connectivity index (χ2v) is 3.02. The average Bonchev–Trinajstić information content (AvgIpc) is 2.34.